The van der Waals surface area contributed by atoms with Gasteiger partial charge < -0.3 is 29.3 Å². The summed E-state index contributed by atoms with van der Waals surface area (Å²) in [7, 11) is 1.58. The highest BCUT2D eigenvalue weighted by atomic mass is 16.5. The maximum atomic E-state index is 12.8. The van der Waals surface area contributed by atoms with E-state index in [2.05, 4.69) is 27.8 Å². The Morgan fingerprint density at radius 3 is 2.74 bits per heavy atom. The smallest absolute Gasteiger partial charge is 0.251 e. The summed E-state index contributed by atoms with van der Waals surface area (Å²) in [6, 6.07) is 11.3. The van der Waals surface area contributed by atoms with E-state index in [0.29, 0.717) is 47.7 Å². The molecule has 0 bridgehead atoms. The quantitative estimate of drug-likeness (QED) is 0.249. The summed E-state index contributed by atoms with van der Waals surface area (Å²) < 4.78 is 23.6. The van der Waals surface area contributed by atoms with Crippen LogP contribution in [0.3, 0.4) is 0 Å². The molecule has 1 atom stereocenters. The second-order valence-electron chi connectivity index (χ2n) is 11.3. The van der Waals surface area contributed by atoms with E-state index >= 15 is 0 Å². The lowest BCUT2D eigenvalue weighted by Crippen LogP contribution is -2.31. The molecule has 3 aliphatic rings. The van der Waals surface area contributed by atoms with Crippen LogP contribution in [0.15, 0.2) is 46.9 Å². The Morgan fingerprint density at radius 2 is 1.93 bits per heavy atom. The van der Waals surface area contributed by atoms with Crippen LogP contribution in [0.4, 0.5) is 11.6 Å². The lowest BCUT2D eigenvalue weighted by atomic mass is 10.0. The second-order valence-corrected chi connectivity index (χ2v) is 11.3. The minimum absolute atomic E-state index is 0.0774. The number of benzene rings is 2. The van der Waals surface area contributed by atoms with Crippen molar-refractivity contribution in [3.8, 4) is 11.6 Å². The third-order valence-electron chi connectivity index (χ3n) is 8.33. The predicted octanol–water partition coefficient (Wildman–Crippen LogP) is 5.90. The van der Waals surface area contributed by atoms with Crippen LogP contribution in [0, 0.1) is 6.92 Å². The number of methoxy groups -OCH3 is 1. The molecule has 2 aliphatic carbocycles. The molecule has 2 aromatic heterocycles. The maximum absolute atomic E-state index is 12.8. The molecule has 2 fully saturated rings. The summed E-state index contributed by atoms with van der Waals surface area (Å²) in [5, 5.41) is 6.28. The number of amides is 1. The van der Waals surface area contributed by atoms with Crippen LogP contribution in [0.5, 0.6) is 11.6 Å². The SMILES string of the molecule is COc1cc(C(=O)NC[C@@H]2CCCO2)ccc1Nc1nc2c(c(OC3CCCC3)n1)C(c1ccc3nc(C)oc3c1)=CC2. The number of carbonyl (C=O) groups excluding carboxylic acids is 1. The Labute approximate surface area is 249 Å². The Morgan fingerprint density at radius 1 is 1.05 bits per heavy atom. The average Bonchev–Trinajstić information content (AvgIpc) is 3.83. The van der Waals surface area contributed by atoms with Crippen LogP contribution in [0.1, 0.15) is 71.6 Å². The van der Waals surface area contributed by atoms with Gasteiger partial charge in [-0.15, -0.1) is 0 Å². The van der Waals surface area contributed by atoms with Gasteiger partial charge in [0.25, 0.3) is 5.91 Å². The van der Waals surface area contributed by atoms with Crippen molar-refractivity contribution in [3.05, 3.63) is 70.7 Å². The summed E-state index contributed by atoms with van der Waals surface area (Å²) in [6.07, 6.45) is 9.33. The van der Waals surface area contributed by atoms with E-state index in [9.17, 15) is 4.79 Å². The number of aromatic nitrogens is 3. The monoisotopic (exact) mass is 581 g/mol. The predicted molar refractivity (Wildman–Crippen MR) is 162 cm³/mol. The molecule has 222 valence electrons. The molecule has 1 amide bonds. The third-order valence-corrected chi connectivity index (χ3v) is 8.33. The van der Waals surface area contributed by atoms with E-state index in [1.54, 1.807) is 19.2 Å². The third kappa shape index (κ3) is 5.67. The second kappa shape index (κ2) is 11.7. The minimum atomic E-state index is -0.168. The van der Waals surface area contributed by atoms with Crippen molar-refractivity contribution in [1.82, 2.24) is 20.3 Å². The minimum Gasteiger partial charge on any atom is -0.495 e. The van der Waals surface area contributed by atoms with Gasteiger partial charge in [-0.3, -0.25) is 4.79 Å². The zero-order valence-corrected chi connectivity index (χ0v) is 24.4. The van der Waals surface area contributed by atoms with Crippen LogP contribution in [-0.4, -0.2) is 53.3 Å². The van der Waals surface area contributed by atoms with Crippen LogP contribution < -0.4 is 20.1 Å². The topological polar surface area (TPSA) is 121 Å². The van der Waals surface area contributed by atoms with Gasteiger partial charge in [0.2, 0.25) is 11.8 Å². The Hall–Kier alpha value is -4.44. The number of fused-ring (bicyclic) bond motifs is 2. The standard InChI is InChI=1S/C33H35N5O5/c1-19-35-26-12-9-20(16-29(26)42-19)24-11-14-27-30(24)32(43-22-6-3-4-7-22)38-33(37-27)36-25-13-10-21(17-28(25)40-2)31(39)34-18-23-8-5-15-41-23/h9-13,16-17,22-23H,3-8,14-15,18H2,1-2H3,(H,34,39)(H,36,37,38)/t23-/m0/s1. The number of nitrogens with one attached hydrogen (secondary N) is 2. The Kier molecular flexibility index (Phi) is 7.44. The number of oxazole rings is 1. The van der Waals surface area contributed by atoms with E-state index in [-0.39, 0.29) is 18.1 Å². The molecule has 10 nitrogen and oxygen atoms in total. The lowest BCUT2D eigenvalue weighted by Gasteiger charge is -2.19. The molecule has 1 aliphatic heterocycles. The fraction of sp³-hybridized carbons (Fsp3) is 0.394. The summed E-state index contributed by atoms with van der Waals surface area (Å²) >= 11 is 0. The van der Waals surface area contributed by atoms with Crippen LogP contribution >= 0.6 is 0 Å². The normalized spacial score (nSPS) is 18.1. The molecule has 0 unspecified atom stereocenters. The van der Waals surface area contributed by atoms with Gasteiger partial charge in [-0.2, -0.15) is 4.98 Å². The van der Waals surface area contributed by atoms with Crippen LogP contribution in [0.2, 0.25) is 0 Å². The van der Waals surface area contributed by atoms with Gasteiger partial charge in [-0.05, 0) is 80.0 Å². The first kappa shape index (κ1) is 27.4. The maximum Gasteiger partial charge on any atom is 0.251 e. The highest BCUT2D eigenvalue weighted by Gasteiger charge is 2.28. The van der Waals surface area contributed by atoms with Crippen molar-refractivity contribution >= 4 is 34.2 Å². The number of hydrogen-bond acceptors (Lipinski definition) is 9. The number of aryl methyl sites for hydroxylation is 1. The van der Waals surface area contributed by atoms with Gasteiger partial charge in [0.15, 0.2) is 11.5 Å². The van der Waals surface area contributed by atoms with E-state index in [1.807, 2.05) is 25.1 Å². The molecule has 0 spiro atoms. The molecule has 10 heteroatoms. The molecule has 43 heavy (non-hydrogen) atoms. The van der Waals surface area contributed by atoms with Crippen molar-refractivity contribution in [2.24, 2.45) is 0 Å². The van der Waals surface area contributed by atoms with E-state index in [1.165, 1.54) is 0 Å². The van der Waals surface area contributed by atoms with Gasteiger partial charge in [0, 0.05) is 32.1 Å². The number of allylic oxidation sites excluding steroid dienone is 1. The highest BCUT2D eigenvalue weighted by molar-refractivity contribution is 5.95. The fourth-order valence-corrected chi connectivity index (χ4v) is 6.15. The van der Waals surface area contributed by atoms with E-state index in [4.69, 9.17) is 28.6 Å². The van der Waals surface area contributed by atoms with Gasteiger partial charge in [0.1, 0.15) is 17.4 Å². The lowest BCUT2D eigenvalue weighted by molar-refractivity contribution is 0.0857. The molecule has 3 heterocycles. The van der Waals surface area contributed by atoms with Crippen LogP contribution in [-0.2, 0) is 11.2 Å². The van der Waals surface area contributed by atoms with E-state index in [0.717, 1.165) is 78.6 Å². The number of anilines is 2. The van der Waals surface area contributed by atoms with Gasteiger partial charge in [-0.25, -0.2) is 9.97 Å². The molecular weight excluding hydrogens is 546 g/mol. The molecular formula is C33H35N5O5. The Bertz CT molecular complexity index is 1700. The average molecular weight is 582 g/mol. The van der Waals surface area contributed by atoms with Crippen molar-refractivity contribution < 1.29 is 23.4 Å². The zero-order valence-electron chi connectivity index (χ0n) is 24.4. The Balaban J connectivity index is 1.16. The number of ether oxygens (including phenoxy) is 3. The van der Waals surface area contributed by atoms with Crippen molar-refractivity contribution in [2.75, 3.05) is 25.6 Å². The number of hydrogen-bond donors (Lipinski definition) is 2. The zero-order chi connectivity index (χ0) is 29.3. The molecule has 7 rings (SSSR count). The first-order valence-corrected chi connectivity index (χ1v) is 15.0. The summed E-state index contributed by atoms with van der Waals surface area (Å²) in [4.78, 5) is 27.0. The van der Waals surface area contributed by atoms with Gasteiger partial charge in [0.05, 0.1) is 30.2 Å². The van der Waals surface area contributed by atoms with Gasteiger partial charge >= 0.3 is 0 Å². The first-order valence-electron chi connectivity index (χ1n) is 15.0. The number of nitrogens with zero attached hydrogens (tertiary/aromatic N) is 3. The molecule has 4 aromatic rings. The fourth-order valence-electron chi connectivity index (χ4n) is 6.15. The van der Waals surface area contributed by atoms with Crippen molar-refractivity contribution in [1.29, 1.82) is 0 Å². The van der Waals surface area contributed by atoms with Gasteiger partial charge in [-0.1, -0.05) is 12.1 Å². The van der Waals surface area contributed by atoms with E-state index < -0.39 is 0 Å². The van der Waals surface area contributed by atoms with Crippen molar-refractivity contribution in [3.63, 3.8) is 0 Å². The summed E-state index contributed by atoms with van der Waals surface area (Å²) in [6.45, 7) is 3.10. The summed E-state index contributed by atoms with van der Waals surface area (Å²) in [5.74, 6) is 1.97. The summed E-state index contributed by atoms with van der Waals surface area (Å²) in [5.41, 5.74) is 6.59. The van der Waals surface area contributed by atoms with Crippen molar-refractivity contribution in [2.45, 2.75) is 64.1 Å². The molecule has 0 radical (unpaired) electrons. The first-order chi connectivity index (χ1) is 21.0. The molecule has 2 aromatic carbocycles. The molecule has 2 N–H and O–H groups in total. The highest BCUT2D eigenvalue weighted by Crippen LogP contribution is 2.41. The van der Waals surface area contributed by atoms with Crippen LogP contribution in [0.25, 0.3) is 16.7 Å². The molecule has 1 saturated heterocycles. The number of rotatable bonds is 9. The largest absolute Gasteiger partial charge is 0.495 e. The number of carbonyl (C=O) groups is 1. The molecule has 1 saturated carbocycles.